The minimum absolute atomic E-state index is 0.0369. The fraction of sp³-hybridized carbons (Fsp3) is 0.808. The smallest absolute Gasteiger partial charge is 0.456 e. The standard InChI is InChI=1S/C73H135N2O7P/c1-7-10-13-16-19-22-25-27-29-31-33-35-37-39-41-43-45-47-50-53-56-59-62-65-72(76)74-70(69-81-83(78,79)80-68-67-75(4,5)6)71(64-61-58-55-52-49-24-21-18-15-12-9-3)82-73(77)66-63-60-57-54-51-48-46-44-42-40-38-36-34-32-30-28-26-23-20-17-14-11-8-2/h10,13,19,22,27,29,33,35,39,41,61,64,70-71H,7-9,11-12,14-18,20-21,23-26,28,30-32,34,36-38,40,42-60,62-63,65-69H2,1-6H3,(H-,74,76,78,79)/p+1/b13-10-,22-19-,29-27-,35-33-,41-39-,64-61+. The first-order valence-corrected chi connectivity index (χ1v) is 36.8. The third kappa shape index (κ3) is 63.8. The van der Waals surface area contributed by atoms with E-state index in [2.05, 4.69) is 86.8 Å². The summed E-state index contributed by atoms with van der Waals surface area (Å²) in [6.45, 7) is 6.92. The van der Waals surface area contributed by atoms with Crippen LogP contribution in [0.2, 0.25) is 0 Å². The zero-order valence-electron chi connectivity index (χ0n) is 55.4. The molecule has 0 saturated carbocycles. The number of ether oxygens (including phenoxy) is 1. The highest BCUT2D eigenvalue weighted by molar-refractivity contribution is 7.47. The summed E-state index contributed by atoms with van der Waals surface area (Å²) in [5.74, 6) is -0.507. The molecule has 2 N–H and O–H groups in total. The number of hydrogen-bond acceptors (Lipinski definition) is 6. The van der Waals surface area contributed by atoms with E-state index in [0.717, 1.165) is 103 Å². The second-order valence-electron chi connectivity index (χ2n) is 25.0. The third-order valence-electron chi connectivity index (χ3n) is 15.7. The largest absolute Gasteiger partial charge is 0.472 e. The van der Waals surface area contributed by atoms with E-state index in [4.69, 9.17) is 13.8 Å². The molecule has 484 valence electrons. The molecule has 0 spiro atoms. The van der Waals surface area contributed by atoms with Crippen LogP contribution in [0, 0.1) is 0 Å². The van der Waals surface area contributed by atoms with Crippen LogP contribution in [0.1, 0.15) is 329 Å². The SMILES string of the molecule is CC/C=C\C/C=C\C/C=C\C/C=C\C/C=C\CCCCCCCCCC(=O)NC(COP(=O)(O)OCC[N+](C)(C)C)C(/C=C/CCCCCCCCCCC)OC(=O)CCCCCCCCCCCCCCCCCCCCCCCCC. The number of hydrogen-bond donors (Lipinski definition) is 2. The number of esters is 1. The molecule has 0 aliphatic carbocycles. The van der Waals surface area contributed by atoms with Crippen LogP contribution in [0.25, 0.3) is 0 Å². The average Bonchev–Trinajstić information content (AvgIpc) is 3.51. The van der Waals surface area contributed by atoms with Crippen molar-refractivity contribution in [2.45, 2.75) is 341 Å². The second kappa shape index (κ2) is 62.5. The van der Waals surface area contributed by atoms with Crippen LogP contribution in [0.15, 0.2) is 72.9 Å². The number of phosphoric ester groups is 1. The molecule has 0 saturated heterocycles. The van der Waals surface area contributed by atoms with E-state index in [0.29, 0.717) is 23.9 Å². The molecule has 0 heterocycles. The zero-order chi connectivity index (χ0) is 60.7. The lowest BCUT2D eigenvalue weighted by Gasteiger charge is -2.27. The lowest BCUT2D eigenvalue weighted by atomic mass is 10.0. The summed E-state index contributed by atoms with van der Waals surface area (Å²) in [7, 11) is 1.49. The molecule has 0 rings (SSSR count). The molecule has 0 radical (unpaired) electrons. The minimum Gasteiger partial charge on any atom is -0.456 e. The Morgan fingerprint density at radius 3 is 1.16 bits per heavy atom. The van der Waals surface area contributed by atoms with Crippen molar-refractivity contribution in [3.05, 3.63) is 72.9 Å². The topological polar surface area (TPSA) is 111 Å². The number of carbonyl (C=O) groups is 2. The predicted octanol–water partition coefficient (Wildman–Crippen LogP) is 22.3. The van der Waals surface area contributed by atoms with Crippen molar-refractivity contribution in [2.24, 2.45) is 0 Å². The molecule has 1 amide bonds. The second-order valence-corrected chi connectivity index (χ2v) is 26.5. The number of likely N-dealkylation sites (N-methyl/N-ethyl adjacent to an activating group) is 1. The predicted molar refractivity (Wildman–Crippen MR) is 360 cm³/mol. The maximum atomic E-state index is 13.6. The van der Waals surface area contributed by atoms with Crippen molar-refractivity contribution in [3.63, 3.8) is 0 Å². The summed E-state index contributed by atoms with van der Waals surface area (Å²) in [6, 6.07) is -0.856. The molecule has 0 aromatic heterocycles. The van der Waals surface area contributed by atoms with Gasteiger partial charge >= 0.3 is 13.8 Å². The van der Waals surface area contributed by atoms with Gasteiger partial charge in [0.2, 0.25) is 5.91 Å². The lowest BCUT2D eigenvalue weighted by Crippen LogP contribution is -2.47. The van der Waals surface area contributed by atoms with Crippen molar-refractivity contribution in [3.8, 4) is 0 Å². The van der Waals surface area contributed by atoms with Crippen LogP contribution < -0.4 is 5.32 Å². The maximum Gasteiger partial charge on any atom is 0.472 e. The van der Waals surface area contributed by atoms with Crippen molar-refractivity contribution in [1.82, 2.24) is 5.32 Å². The van der Waals surface area contributed by atoms with Gasteiger partial charge in [-0.3, -0.25) is 18.6 Å². The molecule has 0 fully saturated rings. The average molecular weight is 1180 g/mol. The Kier molecular flexibility index (Phi) is 60.6. The van der Waals surface area contributed by atoms with Crippen LogP contribution in [-0.4, -0.2) is 74.3 Å². The zero-order valence-corrected chi connectivity index (χ0v) is 56.3. The number of nitrogens with zero attached hydrogens (tertiary/aromatic N) is 1. The highest BCUT2D eigenvalue weighted by Crippen LogP contribution is 2.43. The van der Waals surface area contributed by atoms with E-state index >= 15 is 0 Å². The Bertz CT molecular complexity index is 1650. The molecule has 0 aromatic rings. The lowest BCUT2D eigenvalue weighted by molar-refractivity contribution is -0.870. The van der Waals surface area contributed by atoms with E-state index in [-0.39, 0.29) is 25.1 Å². The fourth-order valence-corrected chi connectivity index (χ4v) is 11.0. The molecular weight excluding hydrogens is 1050 g/mol. The normalized spacial score (nSPS) is 14.0. The van der Waals surface area contributed by atoms with Crippen molar-refractivity contribution in [1.29, 1.82) is 0 Å². The summed E-state index contributed by atoms with van der Waals surface area (Å²) in [5, 5.41) is 3.06. The van der Waals surface area contributed by atoms with Gasteiger partial charge in [-0.2, -0.15) is 0 Å². The number of quaternary nitrogens is 1. The van der Waals surface area contributed by atoms with Gasteiger partial charge in [0.1, 0.15) is 19.3 Å². The van der Waals surface area contributed by atoms with Crippen LogP contribution in [0.5, 0.6) is 0 Å². The van der Waals surface area contributed by atoms with Gasteiger partial charge in [0.05, 0.1) is 33.8 Å². The van der Waals surface area contributed by atoms with Crippen molar-refractivity contribution >= 4 is 19.7 Å². The highest BCUT2D eigenvalue weighted by Gasteiger charge is 2.30. The number of phosphoric acid groups is 1. The van der Waals surface area contributed by atoms with Crippen LogP contribution in [0.4, 0.5) is 0 Å². The Balaban J connectivity index is 5.05. The summed E-state index contributed by atoms with van der Waals surface area (Å²) in [4.78, 5) is 37.9. The quantitative estimate of drug-likeness (QED) is 0.0205. The van der Waals surface area contributed by atoms with E-state index in [1.165, 1.54) is 193 Å². The first-order valence-electron chi connectivity index (χ1n) is 35.3. The van der Waals surface area contributed by atoms with E-state index < -0.39 is 20.0 Å². The first kappa shape index (κ1) is 80.5. The van der Waals surface area contributed by atoms with E-state index in [1.54, 1.807) is 0 Å². The molecule has 3 unspecified atom stereocenters. The number of carbonyl (C=O) groups excluding carboxylic acids is 2. The van der Waals surface area contributed by atoms with Gasteiger partial charge < -0.3 is 19.4 Å². The monoisotopic (exact) mass is 1180 g/mol. The Hall–Kier alpha value is -2.55. The molecule has 10 heteroatoms. The first-order chi connectivity index (χ1) is 40.4. The van der Waals surface area contributed by atoms with Gasteiger partial charge in [0.15, 0.2) is 0 Å². The molecule has 0 bridgehead atoms. The summed E-state index contributed by atoms with van der Waals surface area (Å²) < 4.78 is 30.8. The van der Waals surface area contributed by atoms with Gasteiger partial charge in [0.25, 0.3) is 0 Å². The Morgan fingerprint density at radius 1 is 0.434 bits per heavy atom. The fourth-order valence-electron chi connectivity index (χ4n) is 10.3. The van der Waals surface area contributed by atoms with Crippen LogP contribution >= 0.6 is 7.82 Å². The molecule has 0 aliphatic heterocycles. The molecule has 9 nitrogen and oxygen atoms in total. The summed E-state index contributed by atoms with van der Waals surface area (Å²) in [6.07, 6.45) is 82.0. The third-order valence-corrected chi connectivity index (χ3v) is 16.6. The number of unbranched alkanes of at least 4 members (excludes halogenated alkanes) is 38. The maximum absolute atomic E-state index is 13.6. The van der Waals surface area contributed by atoms with E-state index in [1.807, 2.05) is 33.3 Å². The van der Waals surface area contributed by atoms with Gasteiger partial charge in [-0.1, -0.05) is 312 Å². The number of allylic oxidation sites excluding steroid dienone is 11. The Morgan fingerprint density at radius 2 is 0.771 bits per heavy atom. The number of amides is 1. The van der Waals surface area contributed by atoms with Gasteiger partial charge in [-0.05, 0) is 76.7 Å². The minimum atomic E-state index is -4.46. The van der Waals surface area contributed by atoms with Crippen molar-refractivity contribution in [2.75, 3.05) is 40.9 Å². The molecular formula is C73H136N2O7P+. The van der Waals surface area contributed by atoms with Gasteiger partial charge in [-0.15, -0.1) is 0 Å². The van der Waals surface area contributed by atoms with Crippen LogP contribution in [-0.2, 0) is 27.9 Å². The molecule has 3 atom stereocenters. The highest BCUT2D eigenvalue weighted by atomic mass is 31.2. The van der Waals surface area contributed by atoms with E-state index in [9.17, 15) is 19.0 Å². The van der Waals surface area contributed by atoms with Gasteiger partial charge in [0, 0.05) is 12.8 Å². The van der Waals surface area contributed by atoms with Crippen LogP contribution in [0.3, 0.4) is 0 Å². The molecule has 0 aromatic carbocycles. The molecule has 0 aliphatic rings. The number of nitrogens with one attached hydrogen (secondary N) is 1. The van der Waals surface area contributed by atoms with Gasteiger partial charge in [-0.25, -0.2) is 4.57 Å². The molecule has 83 heavy (non-hydrogen) atoms. The van der Waals surface area contributed by atoms with Crippen molar-refractivity contribution < 1.29 is 37.3 Å². The number of rotatable bonds is 64. The summed E-state index contributed by atoms with van der Waals surface area (Å²) in [5.41, 5.74) is 0. The summed E-state index contributed by atoms with van der Waals surface area (Å²) >= 11 is 0. The Labute approximate surface area is 514 Å².